The van der Waals surface area contributed by atoms with Crippen molar-refractivity contribution in [3.63, 3.8) is 0 Å². The van der Waals surface area contributed by atoms with Gasteiger partial charge in [-0.1, -0.05) is 78.8 Å². The van der Waals surface area contributed by atoms with Gasteiger partial charge in [-0.2, -0.15) is 5.12 Å². The topological polar surface area (TPSA) is 77.0 Å². The lowest BCUT2D eigenvalue weighted by atomic mass is 9.64. The van der Waals surface area contributed by atoms with Gasteiger partial charge < -0.3 is 10.6 Å². The van der Waals surface area contributed by atoms with Crippen LogP contribution in [0.2, 0.25) is 0 Å². The van der Waals surface area contributed by atoms with Crippen molar-refractivity contribution in [3.05, 3.63) is 71.8 Å². The van der Waals surface area contributed by atoms with E-state index in [0.29, 0.717) is 5.17 Å². The van der Waals surface area contributed by atoms with Crippen molar-refractivity contribution in [1.29, 1.82) is 0 Å². The highest BCUT2D eigenvalue weighted by Crippen LogP contribution is 2.63. The number of thioether (sulfide) groups is 1. The second kappa shape index (κ2) is 9.07. The summed E-state index contributed by atoms with van der Waals surface area (Å²) in [5, 5.41) is 15.8. The highest BCUT2D eigenvalue weighted by atomic mass is 32.2. The number of rotatable bonds is 3. The molecule has 1 aliphatic carbocycles. The molecule has 0 aromatic heterocycles. The van der Waals surface area contributed by atoms with Crippen molar-refractivity contribution in [2.24, 2.45) is 16.9 Å². The predicted molar refractivity (Wildman–Crippen MR) is 134 cm³/mol. The lowest BCUT2D eigenvalue weighted by Crippen LogP contribution is -2.67. The Morgan fingerprint density at radius 1 is 1.00 bits per heavy atom. The fraction of sp³-hybridized carbons (Fsp3) is 0.423. The molecular weight excluding hydrogens is 446 g/mol. The molecule has 1 saturated heterocycles. The van der Waals surface area contributed by atoms with Crippen LogP contribution in [0, 0.1) is 11.8 Å². The van der Waals surface area contributed by atoms with Crippen LogP contribution in [0.4, 0.5) is 0 Å². The van der Waals surface area contributed by atoms with Gasteiger partial charge in [0.05, 0.1) is 0 Å². The molecule has 8 heteroatoms. The van der Waals surface area contributed by atoms with Gasteiger partial charge in [-0.15, -0.1) is 5.10 Å². The third-order valence-corrected chi connectivity index (χ3v) is 8.83. The molecule has 4 unspecified atom stereocenters. The first-order valence-electron chi connectivity index (χ1n) is 11.9. The Morgan fingerprint density at radius 3 is 2.00 bits per heavy atom. The van der Waals surface area contributed by atoms with E-state index in [1.807, 2.05) is 17.3 Å². The minimum absolute atomic E-state index is 0.0743. The molecule has 2 bridgehead atoms. The first kappa shape index (κ1) is 22.9. The van der Waals surface area contributed by atoms with E-state index in [2.05, 4.69) is 59.2 Å². The average Bonchev–Trinajstić information content (AvgIpc) is 3.17. The number of nitrogens with zero attached hydrogens (tertiary/aromatic N) is 3. The summed E-state index contributed by atoms with van der Waals surface area (Å²) in [7, 11) is 1.78. The van der Waals surface area contributed by atoms with Crippen molar-refractivity contribution in [2.75, 3.05) is 7.05 Å². The maximum absolute atomic E-state index is 12.6. The maximum Gasteiger partial charge on any atom is 0.238 e. The Kier molecular flexibility index (Phi) is 6.12. The highest BCUT2D eigenvalue weighted by molar-refractivity contribution is 8.15. The Balaban J connectivity index is 1.68. The summed E-state index contributed by atoms with van der Waals surface area (Å²) in [6.45, 7) is 3.06. The van der Waals surface area contributed by atoms with Crippen LogP contribution < -0.4 is 10.6 Å². The normalized spacial score (nSPS) is 30.1. The van der Waals surface area contributed by atoms with Crippen molar-refractivity contribution in [2.45, 2.75) is 50.1 Å². The van der Waals surface area contributed by atoms with Crippen molar-refractivity contribution < 1.29 is 9.59 Å². The number of hydrogen-bond donors (Lipinski definition) is 2. The second-order valence-electron chi connectivity index (χ2n) is 9.36. The first-order valence-corrected chi connectivity index (χ1v) is 12.7. The number of amidine groups is 1. The van der Waals surface area contributed by atoms with Gasteiger partial charge >= 0.3 is 0 Å². The summed E-state index contributed by atoms with van der Waals surface area (Å²) in [5.41, 5.74) is 2.46. The van der Waals surface area contributed by atoms with Gasteiger partial charge in [0, 0.05) is 44.8 Å². The summed E-state index contributed by atoms with van der Waals surface area (Å²) in [4.78, 5) is 24.1. The fourth-order valence-electron chi connectivity index (χ4n) is 5.93. The lowest BCUT2D eigenvalue weighted by molar-refractivity contribution is -0.167. The van der Waals surface area contributed by atoms with Crippen LogP contribution in [0.1, 0.15) is 56.3 Å². The van der Waals surface area contributed by atoms with Gasteiger partial charge in [-0.05, 0) is 24.0 Å². The molecule has 2 fully saturated rings. The minimum Gasteiger partial charge on any atom is -0.304 e. The molecule has 2 aromatic rings. The van der Waals surface area contributed by atoms with Crippen LogP contribution in [-0.2, 0) is 9.59 Å². The van der Waals surface area contributed by atoms with Gasteiger partial charge in [0.1, 0.15) is 4.87 Å². The summed E-state index contributed by atoms with van der Waals surface area (Å²) in [6.07, 6.45) is 3.12. The van der Waals surface area contributed by atoms with E-state index in [1.54, 1.807) is 30.7 Å². The van der Waals surface area contributed by atoms with Crippen LogP contribution >= 0.6 is 11.8 Å². The summed E-state index contributed by atoms with van der Waals surface area (Å²) >= 11 is 1.62. The van der Waals surface area contributed by atoms with E-state index in [1.165, 1.54) is 18.1 Å². The molecule has 1 saturated carbocycles. The molecule has 0 radical (unpaired) electrons. The zero-order valence-electron chi connectivity index (χ0n) is 19.8. The van der Waals surface area contributed by atoms with E-state index in [4.69, 9.17) is 5.10 Å². The van der Waals surface area contributed by atoms with Gasteiger partial charge in [0.2, 0.25) is 11.8 Å². The Bertz CT molecular complexity index is 1040. The largest absolute Gasteiger partial charge is 0.304 e. The number of hydrazone groups is 1. The Labute approximate surface area is 204 Å². The number of nitrogens with one attached hydrogen (secondary N) is 2. The van der Waals surface area contributed by atoms with E-state index < -0.39 is 4.87 Å². The molecule has 2 aromatic carbocycles. The van der Waals surface area contributed by atoms with E-state index in [-0.39, 0.29) is 35.7 Å². The van der Waals surface area contributed by atoms with Crippen LogP contribution in [0.3, 0.4) is 0 Å². The SMILES string of the molecule is CC(=O)NC1=NN(N(C)C(C)=O)C2(S1)C1CCCC2C(c2ccccc2)NC1c1ccccc1. The van der Waals surface area contributed by atoms with Crippen LogP contribution in [0.5, 0.6) is 0 Å². The minimum atomic E-state index is -0.511. The van der Waals surface area contributed by atoms with Gasteiger partial charge in [0.15, 0.2) is 5.17 Å². The van der Waals surface area contributed by atoms with Crippen molar-refractivity contribution in [1.82, 2.24) is 20.8 Å². The molecule has 7 nitrogen and oxygen atoms in total. The summed E-state index contributed by atoms with van der Waals surface area (Å²) in [5.74, 6) is 0.106. The maximum atomic E-state index is 12.6. The molecule has 2 aliphatic heterocycles. The van der Waals surface area contributed by atoms with E-state index in [0.717, 1.165) is 19.3 Å². The molecule has 2 amide bonds. The third-order valence-electron chi connectivity index (χ3n) is 7.36. The standard InChI is InChI=1S/C26H31N5O2S/c1-17(32)27-25-29-31(30(3)18(2)33)26(34-25)21-15-10-16-22(26)24(20-13-8-5-9-14-20)28-23(21)19-11-6-4-7-12-19/h4-9,11-14,21-24,28H,10,15-16H2,1-3H3,(H,27,29,32). The Morgan fingerprint density at radius 2 is 1.53 bits per heavy atom. The number of carbonyl (C=O) groups excluding carboxylic acids is 2. The van der Waals surface area contributed by atoms with E-state index in [9.17, 15) is 9.59 Å². The first-order chi connectivity index (χ1) is 16.4. The zero-order chi connectivity index (χ0) is 23.9. The average molecular weight is 478 g/mol. The molecule has 5 rings (SSSR count). The monoisotopic (exact) mass is 477 g/mol. The van der Waals surface area contributed by atoms with Crippen molar-refractivity contribution in [3.8, 4) is 0 Å². The summed E-state index contributed by atoms with van der Waals surface area (Å²) in [6, 6.07) is 21.3. The fourth-order valence-corrected chi connectivity index (χ4v) is 7.60. The number of benzene rings is 2. The van der Waals surface area contributed by atoms with Gasteiger partial charge in [-0.3, -0.25) is 9.59 Å². The number of carbonyl (C=O) groups is 2. The molecular formula is C26H31N5O2S. The molecule has 3 aliphatic rings. The lowest BCUT2D eigenvalue weighted by Gasteiger charge is -2.60. The van der Waals surface area contributed by atoms with Crippen molar-refractivity contribution >= 4 is 28.7 Å². The molecule has 178 valence electrons. The number of hydrazine groups is 1. The molecule has 2 heterocycles. The van der Waals surface area contributed by atoms with Gasteiger partial charge in [-0.25, -0.2) is 5.01 Å². The molecule has 2 N–H and O–H groups in total. The predicted octanol–water partition coefficient (Wildman–Crippen LogP) is 4.03. The van der Waals surface area contributed by atoms with Crippen LogP contribution in [0.15, 0.2) is 65.8 Å². The highest BCUT2D eigenvalue weighted by Gasteiger charge is 2.65. The second-order valence-corrected chi connectivity index (χ2v) is 10.6. The van der Waals surface area contributed by atoms with Crippen LogP contribution in [0.25, 0.3) is 0 Å². The third kappa shape index (κ3) is 3.79. The molecule has 1 spiro atoms. The number of amides is 2. The molecule has 4 atom stereocenters. The Hall–Kier alpha value is -2.84. The smallest absolute Gasteiger partial charge is 0.238 e. The summed E-state index contributed by atoms with van der Waals surface area (Å²) < 4.78 is 0. The quantitative estimate of drug-likeness (QED) is 0.698. The molecule has 34 heavy (non-hydrogen) atoms. The zero-order valence-corrected chi connectivity index (χ0v) is 20.6. The number of piperidine rings is 1. The van der Waals surface area contributed by atoms with Crippen LogP contribution in [-0.4, -0.2) is 39.0 Å². The number of hydrogen-bond acceptors (Lipinski definition) is 6. The van der Waals surface area contributed by atoms with Gasteiger partial charge in [0.25, 0.3) is 0 Å². The van der Waals surface area contributed by atoms with E-state index >= 15 is 0 Å².